The summed E-state index contributed by atoms with van der Waals surface area (Å²) in [5, 5.41) is 10.2. The number of thiocarbonyl (C=S) groups is 1. The maximum atomic E-state index is 13.5. The Balaban J connectivity index is 1.25. The number of hydrogen-bond donors (Lipinski definition) is 1. The SMILES string of the molecule is COc1cc(-c2ccc(/C=C3\SC(=S)N(C4C5CC6CC(C5)CC4C6)C3=O)o2)cc(OC)c1O. The Morgan fingerprint density at radius 1 is 1.06 bits per heavy atom. The van der Waals surface area contributed by atoms with Gasteiger partial charge in [0.05, 0.1) is 19.1 Å². The number of methoxy groups -OCH3 is 2. The van der Waals surface area contributed by atoms with Crippen molar-refractivity contribution in [3.8, 4) is 28.6 Å². The number of carbonyl (C=O) groups excluding carboxylic acids is 1. The summed E-state index contributed by atoms with van der Waals surface area (Å²) in [5.41, 5.74) is 0.701. The number of carbonyl (C=O) groups is 1. The zero-order valence-corrected chi connectivity index (χ0v) is 20.8. The van der Waals surface area contributed by atoms with E-state index >= 15 is 0 Å². The second-order valence-electron chi connectivity index (χ2n) is 9.90. The first-order valence-corrected chi connectivity index (χ1v) is 13.0. The van der Waals surface area contributed by atoms with Crippen LogP contribution in [0.1, 0.15) is 37.9 Å². The molecule has 8 heteroatoms. The van der Waals surface area contributed by atoms with E-state index in [1.807, 2.05) is 17.0 Å². The summed E-state index contributed by atoms with van der Waals surface area (Å²) in [6, 6.07) is 7.29. The van der Waals surface area contributed by atoms with Crippen molar-refractivity contribution in [2.45, 2.75) is 38.1 Å². The second-order valence-corrected chi connectivity index (χ2v) is 11.6. The smallest absolute Gasteiger partial charge is 0.266 e. The molecule has 0 atom stereocenters. The van der Waals surface area contributed by atoms with Gasteiger partial charge < -0.3 is 19.0 Å². The van der Waals surface area contributed by atoms with E-state index in [-0.39, 0.29) is 17.7 Å². The first-order chi connectivity index (χ1) is 16.4. The number of nitrogens with zero attached hydrogens (tertiary/aromatic N) is 1. The van der Waals surface area contributed by atoms with Gasteiger partial charge in [-0.15, -0.1) is 0 Å². The molecule has 34 heavy (non-hydrogen) atoms. The van der Waals surface area contributed by atoms with Crippen LogP contribution in [0, 0.1) is 23.7 Å². The van der Waals surface area contributed by atoms with Gasteiger partial charge in [-0.25, -0.2) is 0 Å². The van der Waals surface area contributed by atoms with Crippen molar-refractivity contribution in [3.05, 3.63) is 34.9 Å². The number of rotatable bonds is 5. The third-order valence-corrected chi connectivity index (χ3v) is 9.29. The summed E-state index contributed by atoms with van der Waals surface area (Å²) in [6.45, 7) is 0. The van der Waals surface area contributed by atoms with Crippen molar-refractivity contribution in [1.29, 1.82) is 0 Å². The molecule has 1 aliphatic heterocycles. The van der Waals surface area contributed by atoms with E-state index in [1.165, 1.54) is 58.1 Å². The quantitative estimate of drug-likeness (QED) is 0.420. The van der Waals surface area contributed by atoms with Gasteiger partial charge in [-0.2, -0.15) is 0 Å². The van der Waals surface area contributed by atoms with Crippen LogP contribution in [0.3, 0.4) is 0 Å². The molecule has 4 bridgehead atoms. The highest BCUT2D eigenvalue weighted by Gasteiger charge is 2.53. The molecular formula is C26H27NO5S2. The Hall–Kier alpha value is -2.45. The minimum absolute atomic E-state index is 0.0124. The summed E-state index contributed by atoms with van der Waals surface area (Å²) in [7, 11) is 2.97. The summed E-state index contributed by atoms with van der Waals surface area (Å²) in [6.07, 6.45) is 8.15. The number of phenolic OH excluding ortho intramolecular Hbond substituents is 1. The molecule has 0 unspecified atom stereocenters. The monoisotopic (exact) mass is 497 g/mol. The molecule has 5 aliphatic rings. The van der Waals surface area contributed by atoms with Gasteiger partial charge in [-0.3, -0.25) is 9.69 Å². The minimum atomic E-state index is -0.0611. The van der Waals surface area contributed by atoms with Gasteiger partial charge in [0.25, 0.3) is 5.91 Å². The van der Waals surface area contributed by atoms with Crippen LogP contribution in [0.2, 0.25) is 0 Å². The van der Waals surface area contributed by atoms with Crippen LogP contribution < -0.4 is 9.47 Å². The van der Waals surface area contributed by atoms with E-state index in [1.54, 1.807) is 18.2 Å². The molecule has 4 saturated carbocycles. The molecule has 1 N–H and O–H groups in total. The fourth-order valence-electron chi connectivity index (χ4n) is 6.81. The highest BCUT2D eigenvalue weighted by molar-refractivity contribution is 8.26. The van der Waals surface area contributed by atoms with E-state index in [2.05, 4.69) is 0 Å². The second kappa shape index (κ2) is 8.34. The Bertz CT molecular complexity index is 1150. The molecule has 5 fully saturated rings. The van der Waals surface area contributed by atoms with E-state index in [9.17, 15) is 9.90 Å². The fourth-order valence-corrected chi connectivity index (χ4v) is 8.13. The zero-order chi connectivity index (χ0) is 23.6. The van der Waals surface area contributed by atoms with Crippen LogP contribution in [-0.2, 0) is 4.79 Å². The Kier molecular flexibility index (Phi) is 5.41. The Morgan fingerprint density at radius 2 is 1.68 bits per heavy atom. The zero-order valence-electron chi connectivity index (χ0n) is 19.2. The van der Waals surface area contributed by atoms with Crippen molar-refractivity contribution in [2.24, 2.45) is 23.7 Å². The molecule has 0 radical (unpaired) electrons. The number of amides is 1. The summed E-state index contributed by atoms with van der Waals surface area (Å²) in [4.78, 5) is 16.0. The van der Waals surface area contributed by atoms with Crippen molar-refractivity contribution in [1.82, 2.24) is 4.90 Å². The van der Waals surface area contributed by atoms with Crippen molar-refractivity contribution in [2.75, 3.05) is 14.2 Å². The highest BCUT2D eigenvalue weighted by atomic mass is 32.2. The number of aromatic hydroxyl groups is 1. The number of phenols is 1. The average molecular weight is 498 g/mol. The molecule has 1 amide bonds. The van der Waals surface area contributed by atoms with E-state index < -0.39 is 0 Å². The van der Waals surface area contributed by atoms with Gasteiger partial charge in [0, 0.05) is 17.7 Å². The third-order valence-electron chi connectivity index (χ3n) is 7.96. The summed E-state index contributed by atoms with van der Waals surface area (Å²) in [5.74, 6) is 4.59. The van der Waals surface area contributed by atoms with Crippen LogP contribution in [0.25, 0.3) is 17.4 Å². The first kappa shape index (κ1) is 22.0. The molecule has 4 aliphatic carbocycles. The summed E-state index contributed by atoms with van der Waals surface area (Å²) < 4.78 is 17.2. The number of furan rings is 1. The fraction of sp³-hybridized carbons (Fsp3) is 0.462. The molecule has 2 aromatic rings. The number of benzene rings is 1. The van der Waals surface area contributed by atoms with Crippen molar-refractivity contribution >= 4 is 40.3 Å². The van der Waals surface area contributed by atoms with Crippen LogP contribution in [0.4, 0.5) is 0 Å². The highest BCUT2D eigenvalue weighted by Crippen LogP contribution is 2.56. The van der Waals surface area contributed by atoms with E-state index in [0.29, 0.717) is 49.6 Å². The Labute approximate surface area is 208 Å². The standard InChI is InChI=1S/C26H27NO5S2/c1-30-20-10-15(11-21(31-2)24(20)28)19-4-3-18(32-19)12-22-25(29)27(26(33)34-22)23-16-6-13-5-14(8-16)9-17(23)7-13/h3-4,10-14,16-17,23,28H,5-9H2,1-2H3/b22-12-. The maximum absolute atomic E-state index is 13.5. The van der Waals surface area contributed by atoms with Gasteiger partial charge in [-0.1, -0.05) is 24.0 Å². The van der Waals surface area contributed by atoms with Gasteiger partial charge in [0.15, 0.2) is 11.5 Å². The average Bonchev–Trinajstić information content (AvgIpc) is 3.38. The summed E-state index contributed by atoms with van der Waals surface area (Å²) >= 11 is 7.08. The molecule has 1 aromatic heterocycles. The lowest BCUT2D eigenvalue weighted by molar-refractivity contribution is -0.130. The van der Waals surface area contributed by atoms with Gasteiger partial charge in [0.1, 0.15) is 15.8 Å². The molecule has 1 saturated heterocycles. The number of ether oxygens (including phenoxy) is 2. The van der Waals surface area contributed by atoms with E-state index in [0.717, 1.165) is 11.8 Å². The lowest BCUT2D eigenvalue weighted by atomic mass is 9.54. The molecule has 2 heterocycles. The van der Waals surface area contributed by atoms with Gasteiger partial charge >= 0.3 is 0 Å². The Morgan fingerprint density at radius 3 is 2.26 bits per heavy atom. The van der Waals surface area contributed by atoms with Gasteiger partial charge in [-0.05, 0) is 80.0 Å². The molecule has 6 nitrogen and oxygen atoms in total. The van der Waals surface area contributed by atoms with Crippen LogP contribution in [-0.4, -0.2) is 40.5 Å². The first-order valence-electron chi connectivity index (χ1n) is 11.8. The molecular weight excluding hydrogens is 470 g/mol. The van der Waals surface area contributed by atoms with Crippen LogP contribution >= 0.6 is 24.0 Å². The predicted molar refractivity (Wildman–Crippen MR) is 135 cm³/mol. The number of hydrogen-bond acceptors (Lipinski definition) is 7. The topological polar surface area (TPSA) is 72.1 Å². The third kappa shape index (κ3) is 3.53. The maximum Gasteiger partial charge on any atom is 0.266 e. The lowest BCUT2D eigenvalue weighted by Crippen LogP contribution is -2.57. The van der Waals surface area contributed by atoms with Crippen molar-refractivity contribution in [3.63, 3.8) is 0 Å². The minimum Gasteiger partial charge on any atom is -0.502 e. The van der Waals surface area contributed by atoms with Crippen LogP contribution in [0.5, 0.6) is 17.2 Å². The molecule has 1 aromatic carbocycles. The number of thioether (sulfide) groups is 1. The molecule has 0 spiro atoms. The normalized spacial score (nSPS) is 31.1. The largest absolute Gasteiger partial charge is 0.502 e. The molecule has 7 rings (SSSR count). The van der Waals surface area contributed by atoms with Gasteiger partial charge in [0.2, 0.25) is 5.75 Å². The van der Waals surface area contributed by atoms with Crippen molar-refractivity contribution < 1.29 is 23.8 Å². The van der Waals surface area contributed by atoms with E-state index in [4.69, 9.17) is 26.1 Å². The lowest BCUT2D eigenvalue weighted by Gasteiger charge is -2.56. The molecule has 178 valence electrons. The predicted octanol–water partition coefficient (Wildman–Crippen LogP) is 5.70. The van der Waals surface area contributed by atoms with Crippen LogP contribution in [0.15, 0.2) is 33.6 Å².